The summed E-state index contributed by atoms with van der Waals surface area (Å²) in [5.74, 6) is 0.218. The van der Waals surface area contributed by atoms with E-state index < -0.39 is 6.09 Å². The van der Waals surface area contributed by atoms with Gasteiger partial charge in [-0.1, -0.05) is 72.3 Å². The topological polar surface area (TPSA) is 67.8 Å². The molecule has 1 aliphatic carbocycles. The first-order valence-corrected chi connectivity index (χ1v) is 10.3. The normalized spacial score (nSPS) is 12.5. The summed E-state index contributed by atoms with van der Waals surface area (Å²) in [4.78, 5) is 12.2. The Kier molecular flexibility index (Phi) is 6.14. The summed E-state index contributed by atoms with van der Waals surface area (Å²) in [7, 11) is 1.46. The minimum Gasteiger partial charge on any atom is -0.503 e. The Labute approximate surface area is 185 Å². The molecule has 0 aromatic heterocycles. The molecular formula is C25H22ClNO4. The fourth-order valence-electron chi connectivity index (χ4n) is 3.83. The molecule has 31 heavy (non-hydrogen) atoms. The van der Waals surface area contributed by atoms with Crippen LogP contribution in [0.2, 0.25) is 5.02 Å². The van der Waals surface area contributed by atoms with Gasteiger partial charge in [-0.05, 0) is 39.9 Å². The van der Waals surface area contributed by atoms with Crippen LogP contribution in [0.1, 0.15) is 22.6 Å². The zero-order chi connectivity index (χ0) is 21.8. The molecule has 0 heterocycles. The van der Waals surface area contributed by atoms with Gasteiger partial charge in [-0.15, -0.1) is 0 Å². The van der Waals surface area contributed by atoms with Crippen molar-refractivity contribution in [2.45, 2.75) is 5.92 Å². The first kappa shape index (κ1) is 20.8. The molecule has 0 aliphatic heterocycles. The fraction of sp³-hybridized carbons (Fsp3) is 0.160. The van der Waals surface area contributed by atoms with Crippen molar-refractivity contribution in [2.75, 3.05) is 20.3 Å². The smallest absolute Gasteiger partial charge is 0.407 e. The number of benzene rings is 3. The lowest BCUT2D eigenvalue weighted by Crippen LogP contribution is -2.26. The second-order valence-corrected chi connectivity index (χ2v) is 7.57. The van der Waals surface area contributed by atoms with Gasteiger partial charge >= 0.3 is 6.09 Å². The van der Waals surface area contributed by atoms with Crippen LogP contribution in [-0.4, -0.2) is 31.5 Å². The van der Waals surface area contributed by atoms with E-state index in [1.807, 2.05) is 24.3 Å². The molecular weight excluding hydrogens is 414 g/mol. The number of hydrogen-bond acceptors (Lipinski definition) is 4. The van der Waals surface area contributed by atoms with Gasteiger partial charge in [0.1, 0.15) is 6.61 Å². The molecule has 0 unspecified atom stereocenters. The van der Waals surface area contributed by atoms with Crippen LogP contribution >= 0.6 is 11.6 Å². The molecule has 0 spiro atoms. The Balaban J connectivity index is 1.33. The lowest BCUT2D eigenvalue weighted by atomic mass is 9.98. The summed E-state index contributed by atoms with van der Waals surface area (Å²) < 4.78 is 10.6. The van der Waals surface area contributed by atoms with Crippen LogP contribution in [0.25, 0.3) is 17.2 Å². The minimum atomic E-state index is -0.479. The molecule has 3 aromatic rings. The SMILES string of the molecule is COc1cc(C=CCNC(=O)OCC2c3ccccc3-c3ccccc32)cc(Cl)c1O. The molecule has 0 fully saturated rings. The number of hydrogen-bond donors (Lipinski definition) is 2. The third kappa shape index (κ3) is 4.37. The molecule has 0 saturated heterocycles. The Hall–Kier alpha value is -3.44. The van der Waals surface area contributed by atoms with E-state index in [0.29, 0.717) is 0 Å². The third-order valence-electron chi connectivity index (χ3n) is 5.29. The van der Waals surface area contributed by atoms with E-state index in [-0.39, 0.29) is 35.6 Å². The molecule has 2 N–H and O–H groups in total. The summed E-state index contributed by atoms with van der Waals surface area (Å²) in [6, 6.07) is 19.7. The maximum atomic E-state index is 12.2. The van der Waals surface area contributed by atoms with Gasteiger partial charge in [0.2, 0.25) is 0 Å². The Morgan fingerprint density at radius 3 is 2.39 bits per heavy atom. The lowest BCUT2D eigenvalue weighted by molar-refractivity contribution is 0.144. The van der Waals surface area contributed by atoms with Crippen LogP contribution in [0.5, 0.6) is 11.5 Å². The molecule has 3 aromatic carbocycles. The van der Waals surface area contributed by atoms with Gasteiger partial charge in [-0.2, -0.15) is 0 Å². The zero-order valence-corrected chi connectivity index (χ0v) is 17.7. The molecule has 158 valence electrons. The molecule has 4 rings (SSSR count). The number of halogens is 1. The molecule has 0 saturated carbocycles. The van der Waals surface area contributed by atoms with Crippen LogP contribution in [0.3, 0.4) is 0 Å². The minimum absolute atomic E-state index is 0.0281. The number of alkyl carbamates (subject to hydrolysis) is 1. The predicted molar refractivity (Wildman–Crippen MR) is 122 cm³/mol. The first-order valence-electron chi connectivity index (χ1n) is 9.90. The summed E-state index contributed by atoms with van der Waals surface area (Å²) in [5.41, 5.74) is 5.48. The van der Waals surface area contributed by atoms with E-state index in [0.717, 1.165) is 5.56 Å². The quantitative estimate of drug-likeness (QED) is 0.528. The molecule has 0 radical (unpaired) electrons. The van der Waals surface area contributed by atoms with Crippen LogP contribution in [0, 0.1) is 0 Å². The average Bonchev–Trinajstić information content (AvgIpc) is 3.11. The van der Waals surface area contributed by atoms with Gasteiger partial charge in [0.25, 0.3) is 0 Å². The number of nitrogens with one attached hydrogen (secondary N) is 1. The van der Waals surface area contributed by atoms with E-state index in [9.17, 15) is 9.90 Å². The van der Waals surface area contributed by atoms with Crippen molar-refractivity contribution in [1.82, 2.24) is 5.32 Å². The Bertz CT molecular complexity index is 1100. The van der Waals surface area contributed by atoms with Crippen molar-refractivity contribution in [3.8, 4) is 22.6 Å². The van der Waals surface area contributed by atoms with Crippen LogP contribution in [0.15, 0.2) is 66.7 Å². The van der Waals surface area contributed by atoms with E-state index in [4.69, 9.17) is 21.1 Å². The molecule has 5 nitrogen and oxygen atoms in total. The van der Waals surface area contributed by atoms with Gasteiger partial charge in [-0.3, -0.25) is 0 Å². The highest BCUT2D eigenvalue weighted by Gasteiger charge is 2.28. The lowest BCUT2D eigenvalue weighted by Gasteiger charge is -2.14. The number of amides is 1. The van der Waals surface area contributed by atoms with Gasteiger partial charge in [-0.25, -0.2) is 4.79 Å². The van der Waals surface area contributed by atoms with Gasteiger partial charge < -0.3 is 19.9 Å². The number of aromatic hydroxyl groups is 1. The van der Waals surface area contributed by atoms with Crippen LogP contribution < -0.4 is 10.1 Å². The standard InChI is InChI=1S/C25H22ClNO4/c1-30-23-14-16(13-22(26)24(23)28)7-6-12-27-25(29)31-15-21-19-10-4-2-8-17(19)18-9-3-5-11-20(18)21/h2-11,13-14,21,28H,12,15H2,1H3,(H,27,29). The van der Waals surface area contributed by atoms with Gasteiger partial charge in [0.15, 0.2) is 11.5 Å². The predicted octanol–water partition coefficient (Wildman–Crippen LogP) is 5.61. The highest BCUT2D eigenvalue weighted by Crippen LogP contribution is 2.44. The molecule has 0 bridgehead atoms. The number of phenolic OH excluding ortho intramolecular Hbond substituents is 1. The fourth-order valence-corrected chi connectivity index (χ4v) is 4.05. The van der Waals surface area contributed by atoms with E-state index in [1.165, 1.54) is 29.4 Å². The second kappa shape index (κ2) is 9.14. The van der Waals surface area contributed by atoms with Crippen molar-refractivity contribution < 1.29 is 19.4 Å². The molecule has 1 amide bonds. The number of phenols is 1. The molecule has 0 atom stereocenters. The Morgan fingerprint density at radius 2 is 1.74 bits per heavy atom. The number of fused-ring (bicyclic) bond motifs is 3. The van der Waals surface area contributed by atoms with Crippen molar-refractivity contribution >= 4 is 23.8 Å². The number of ether oxygens (including phenoxy) is 2. The highest BCUT2D eigenvalue weighted by atomic mass is 35.5. The largest absolute Gasteiger partial charge is 0.503 e. The number of rotatable bonds is 6. The second-order valence-electron chi connectivity index (χ2n) is 7.16. The van der Waals surface area contributed by atoms with E-state index in [2.05, 4.69) is 29.6 Å². The summed E-state index contributed by atoms with van der Waals surface area (Å²) >= 11 is 5.98. The van der Waals surface area contributed by atoms with Gasteiger partial charge in [0, 0.05) is 12.5 Å². The summed E-state index contributed by atoms with van der Waals surface area (Å²) in [6.07, 6.45) is 3.06. The van der Waals surface area contributed by atoms with Crippen molar-refractivity contribution in [3.05, 3.63) is 88.5 Å². The van der Waals surface area contributed by atoms with E-state index >= 15 is 0 Å². The third-order valence-corrected chi connectivity index (χ3v) is 5.58. The molecule has 1 aliphatic rings. The van der Waals surface area contributed by atoms with Crippen LogP contribution in [-0.2, 0) is 4.74 Å². The summed E-state index contributed by atoms with van der Waals surface area (Å²) in [5, 5.41) is 12.7. The average molecular weight is 436 g/mol. The maximum absolute atomic E-state index is 12.2. The first-order chi connectivity index (χ1) is 15.1. The van der Waals surface area contributed by atoms with Crippen molar-refractivity contribution in [2.24, 2.45) is 0 Å². The van der Waals surface area contributed by atoms with Crippen molar-refractivity contribution in [3.63, 3.8) is 0 Å². The van der Waals surface area contributed by atoms with Gasteiger partial charge in [0.05, 0.1) is 12.1 Å². The number of methoxy groups -OCH3 is 1. The number of carbonyl (C=O) groups is 1. The highest BCUT2D eigenvalue weighted by molar-refractivity contribution is 6.32. The maximum Gasteiger partial charge on any atom is 0.407 e. The Morgan fingerprint density at radius 1 is 1.10 bits per heavy atom. The van der Waals surface area contributed by atoms with Crippen molar-refractivity contribution in [1.29, 1.82) is 0 Å². The monoisotopic (exact) mass is 435 g/mol. The van der Waals surface area contributed by atoms with E-state index in [1.54, 1.807) is 24.3 Å². The molecule has 6 heteroatoms. The zero-order valence-electron chi connectivity index (χ0n) is 17.0. The van der Waals surface area contributed by atoms with Crippen LogP contribution in [0.4, 0.5) is 4.79 Å². The number of carbonyl (C=O) groups excluding carboxylic acids is 1. The summed E-state index contributed by atoms with van der Waals surface area (Å²) in [6.45, 7) is 0.561.